The average molecular weight is 290 g/mol. The first-order valence-corrected chi connectivity index (χ1v) is 6.21. The molecule has 2 atom stereocenters. The highest BCUT2D eigenvalue weighted by Gasteiger charge is 2.68. The summed E-state index contributed by atoms with van der Waals surface area (Å²) < 4.78 is 0.444. The van der Waals surface area contributed by atoms with Crippen molar-refractivity contribution >= 4 is 22.6 Å². The number of hydrogen-bond acceptors (Lipinski definition) is 0. The highest BCUT2D eigenvalue weighted by atomic mass is 127. The molecule has 2 aliphatic rings. The molecule has 2 saturated carbocycles. The van der Waals surface area contributed by atoms with Gasteiger partial charge in [0.05, 0.1) is 0 Å². The van der Waals surface area contributed by atoms with Crippen LogP contribution in [0.4, 0.5) is 0 Å². The molecular formula is C12H19I. The Kier molecular flexibility index (Phi) is 1.80. The van der Waals surface area contributed by atoms with E-state index in [-0.39, 0.29) is 0 Å². The lowest BCUT2D eigenvalue weighted by Crippen LogP contribution is -2.41. The van der Waals surface area contributed by atoms with Crippen LogP contribution in [0.3, 0.4) is 0 Å². The lowest BCUT2D eigenvalue weighted by molar-refractivity contribution is 0.244. The average Bonchev–Trinajstić information content (AvgIpc) is 2.26. The molecule has 0 spiro atoms. The minimum Gasteiger partial charge on any atom is -0.0990 e. The molecule has 2 unspecified atom stereocenters. The van der Waals surface area contributed by atoms with Crippen LogP contribution < -0.4 is 0 Å². The maximum Gasteiger partial charge on any atom is 0.0367 e. The van der Waals surface area contributed by atoms with Crippen LogP contribution in [0.25, 0.3) is 0 Å². The summed E-state index contributed by atoms with van der Waals surface area (Å²) in [4.78, 5) is 0. The zero-order chi connectivity index (χ0) is 10.1. The normalized spacial score (nSPS) is 45.6. The molecule has 2 bridgehead atoms. The molecule has 0 aromatic rings. The van der Waals surface area contributed by atoms with Gasteiger partial charge in [0.2, 0.25) is 0 Å². The molecule has 2 fully saturated rings. The molecule has 2 rings (SSSR count). The quantitative estimate of drug-likeness (QED) is 0.356. The molecule has 0 radical (unpaired) electrons. The van der Waals surface area contributed by atoms with Crippen molar-refractivity contribution < 1.29 is 0 Å². The Balaban J connectivity index is 2.59. The molecule has 0 heterocycles. The van der Waals surface area contributed by atoms with E-state index in [9.17, 15) is 0 Å². The SMILES string of the molecule is C=C1C2CCC(I)(C1(C)C)C2(C)C. The molecule has 0 aliphatic heterocycles. The Morgan fingerprint density at radius 3 is 2.08 bits per heavy atom. The van der Waals surface area contributed by atoms with Gasteiger partial charge in [0.1, 0.15) is 0 Å². The summed E-state index contributed by atoms with van der Waals surface area (Å²) in [7, 11) is 0. The largest absolute Gasteiger partial charge is 0.0990 e. The van der Waals surface area contributed by atoms with E-state index >= 15 is 0 Å². The maximum atomic E-state index is 4.33. The first-order valence-electron chi connectivity index (χ1n) is 5.13. The minimum atomic E-state index is 0.333. The van der Waals surface area contributed by atoms with Crippen LogP contribution in [0.15, 0.2) is 12.2 Å². The van der Waals surface area contributed by atoms with E-state index in [1.54, 1.807) is 0 Å². The van der Waals surface area contributed by atoms with Crippen molar-refractivity contribution in [1.29, 1.82) is 0 Å². The van der Waals surface area contributed by atoms with Crippen molar-refractivity contribution in [3.8, 4) is 0 Å². The fraction of sp³-hybridized carbons (Fsp3) is 0.833. The first-order chi connectivity index (χ1) is 5.75. The van der Waals surface area contributed by atoms with Crippen molar-refractivity contribution in [3.63, 3.8) is 0 Å². The lowest BCUT2D eigenvalue weighted by atomic mass is 9.71. The van der Waals surface area contributed by atoms with Gasteiger partial charge in [-0.25, -0.2) is 0 Å². The van der Waals surface area contributed by atoms with E-state index in [2.05, 4.69) is 56.9 Å². The zero-order valence-corrected chi connectivity index (χ0v) is 11.2. The van der Waals surface area contributed by atoms with Gasteiger partial charge >= 0.3 is 0 Å². The monoisotopic (exact) mass is 290 g/mol. The number of fused-ring (bicyclic) bond motifs is 2. The Bertz CT molecular complexity index is 275. The van der Waals surface area contributed by atoms with Gasteiger partial charge in [0, 0.05) is 8.84 Å². The van der Waals surface area contributed by atoms with Gasteiger partial charge in [-0.05, 0) is 24.2 Å². The van der Waals surface area contributed by atoms with Crippen molar-refractivity contribution in [1.82, 2.24) is 0 Å². The fourth-order valence-corrected chi connectivity index (χ4v) is 4.75. The molecule has 0 saturated heterocycles. The summed E-state index contributed by atoms with van der Waals surface area (Å²) in [5.74, 6) is 0.763. The van der Waals surface area contributed by atoms with Gasteiger partial charge in [-0.3, -0.25) is 0 Å². The molecule has 1 heteroatoms. The highest BCUT2D eigenvalue weighted by molar-refractivity contribution is 14.1. The van der Waals surface area contributed by atoms with Gasteiger partial charge in [-0.1, -0.05) is 62.4 Å². The van der Waals surface area contributed by atoms with Crippen molar-refractivity contribution in [2.45, 2.75) is 44.0 Å². The summed E-state index contributed by atoms with van der Waals surface area (Å²) in [6, 6.07) is 0. The lowest BCUT2D eigenvalue weighted by Gasteiger charge is -2.43. The number of allylic oxidation sites excluding steroid dienone is 1. The van der Waals surface area contributed by atoms with Crippen LogP contribution in [0, 0.1) is 16.7 Å². The molecule has 0 aromatic carbocycles. The van der Waals surface area contributed by atoms with E-state index in [0.29, 0.717) is 14.3 Å². The third kappa shape index (κ3) is 0.835. The van der Waals surface area contributed by atoms with Crippen molar-refractivity contribution in [2.24, 2.45) is 16.7 Å². The molecule has 0 nitrogen and oxygen atoms in total. The fourth-order valence-electron chi connectivity index (χ4n) is 3.72. The van der Waals surface area contributed by atoms with Gasteiger partial charge in [0.15, 0.2) is 0 Å². The minimum absolute atomic E-state index is 0.333. The first kappa shape index (κ1) is 10.0. The highest BCUT2D eigenvalue weighted by Crippen LogP contribution is 2.73. The van der Waals surface area contributed by atoms with Crippen LogP contribution in [-0.2, 0) is 0 Å². The zero-order valence-electron chi connectivity index (χ0n) is 9.08. The van der Waals surface area contributed by atoms with Gasteiger partial charge in [-0.15, -0.1) is 0 Å². The summed E-state index contributed by atoms with van der Waals surface area (Å²) in [5.41, 5.74) is 2.28. The molecule has 0 amide bonds. The Labute approximate surface area is 95.3 Å². The van der Waals surface area contributed by atoms with Crippen LogP contribution >= 0.6 is 22.6 Å². The van der Waals surface area contributed by atoms with Crippen LogP contribution in [-0.4, -0.2) is 3.42 Å². The van der Waals surface area contributed by atoms with Crippen molar-refractivity contribution in [2.75, 3.05) is 0 Å². The summed E-state index contributed by atoms with van der Waals surface area (Å²) in [6.45, 7) is 13.9. The molecular weight excluding hydrogens is 271 g/mol. The standard InChI is InChI=1S/C12H19I/c1-8-9-6-7-12(13,10(8,2)3)11(9,4)5/h9H,1,6-7H2,2-5H3. The second kappa shape index (κ2) is 2.34. The van der Waals surface area contributed by atoms with Gasteiger partial charge in [-0.2, -0.15) is 0 Å². The van der Waals surface area contributed by atoms with E-state index in [1.807, 2.05) is 0 Å². The molecule has 2 aliphatic carbocycles. The topological polar surface area (TPSA) is 0 Å². The van der Waals surface area contributed by atoms with E-state index in [4.69, 9.17) is 0 Å². The predicted molar refractivity (Wildman–Crippen MR) is 66.2 cm³/mol. The summed E-state index contributed by atoms with van der Waals surface area (Å²) in [5, 5.41) is 0. The summed E-state index contributed by atoms with van der Waals surface area (Å²) in [6.07, 6.45) is 2.73. The second-order valence-corrected chi connectivity index (χ2v) is 7.61. The third-order valence-electron chi connectivity index (χ3n) is 4.88. The van der Waals surface area contributed by atoms with Crippen LogP contribution in [0.1, 0.15) is 40.5 Å². The van der Waals surface area contributed by atoms with Crippen molar-refractivity contribution in [3.05, 3.63) is 12.2 Å². The van der Waals surface area contributed by atoms with E-state index in [1.165, 1.54) is 18.4 Å². The second-order valence-electron chi connectivity index (χ2n) is 5.76. The number of halogens is 1. The smallest absolute Gasteiger partial charge is 0.0367 e. The number of rotatable bonds is 0. The Morgan fingerprint density at radius 2 is 1.85 bits per heavy atom. The van der Waals surface area contributed by atoms with Gasteiger partial charge < -0.3 is 0 Å². The molecule has 74 valence electrons. The van der Waals surface area contributed by atoms with E-state index in [0.717, 1.165) is 5.92 Å². The third-order valence-corrected chi connectivity index (χ3v) is 8.16. The molecule has 0 N–H and O–H groups in total. The Morgan fingerprint density at radius 1 is 1.31 bits per heavy atom. The van der Waals surface area contributed by atoms with Gasteiger partial charge in [0.25, 0.3) is 0 Å². The maximum absolute atomic E-state index is 4.33. The van der Waals surface area contributed by atoms with Crippen LogP contribution in [0.2, 0.25) is 0 Å². The van der Waals surface area contributed by atoms with Crippen LogP contribution in [0.5, 0.6) is 0 Å². The predicted octanol–water partition coefficient (Wildman–Crippen LogP) is 4.19. The Hall–Kier alpha value is 0.470. The molecule has 13 heavy (non-hydrogen) atoms. The van der Waals surface area contributed by atoms with E-state index < -0.39 is 0 Å². The number of alkyl halides is 1. The molecule has 0 aromatic heterocycles. The number of hydrogen-bond donors (Lipinski definition) is 0. The summed E-state index contributed by atoms with van der Waals surface area (Å²) >= 11 is 2.71.